The molecule has 0 spiro atoms. The molecule has 3 N–H and O–H groups in total. The van der Waals surface area contributed by atoms with E-state index in [4.69, 9.17) is 4.74 Å². The standard InChI is InChI=1S/C20H33N3O4.ClH/c1-7-23(8-2)19(26)22-15-9-10-18(17(11-15)14(3)24)27-13-16(25)12-21-20(4,5)6;/h9-11,16,21,25H,7-8,12-13H2,1-6H3,(H,22,26);1H/p-1. The quantitative estimate of drug-likeness (QED) is 0.491. The van der Waals surface area contributed by atoms with Crippen molar-refractivity contribution in [2.24, 2.45) is 0 Å². The average Bonchev–Trinajstić information content (AvgIpc) is 2.59. The van der Waals surface area contributed by atoms with Gasteiger partial charge in [0.1, 0.15) is 18.5 Å². The Bertz CT molecular complexity index is 643. The second-order valence-electron chi connectivity index (χ2n) is 7.47. The summed E-state index contributed by atoms with van der Waals surface area (Å²) in [6.07, 6.45) is -0.703. The maximum absolute atomic E-state index is 12.2. The van der Waals surface area contributed by atoms with E-state index < -0.39 is 6.10 Å². The number of amides is 2. The number of Topliss-reactive ketones (excluding diaryl/α,β-unsaturated/α-hetero) is 1. The Labute approximate surface area is 174 Å². The van der Waals surface area contributed by atoms with E-state index in [0.29, 0.717) is 36.6 Å². The Morgan fingerprint density at radius 3 is 2.32 bits per heavy atom. The molecule has 0 fully saturated rings. The molecule has 0 bridgehead atoms. The number of carbonyl (C=O) groups excluding carboxylic acids is 2. The summed E-state index contributed by atoms with van der Waals surface area (Å²) in [5.74, 6) is 0.212. The monoisotopic (exact) mass is 414 g/mol. The topological polar surface area (TPSA) is 90.9 Å². The summed E-state index contributed by atoms with van der Waals surface area (Å²) in [6.45, 7) is 12.9. The lowest BCUT2D eigenvalue weighted by molar-refractivity contribution is -0.0000193. The first kappa shape index (κ1) is 26.2. The number of benzene rings is 1. The van der Waals surface area contributed by atoms with Crippen molar-refractivity contribution < 1.29 is 31.8 Å². The highest BCUT2D eigenvalue weighted by Gasteiger charge is 2.16. The number of carbonyl (C=O) groups is 2. The number of hydrogen-bond donors (Lipinski definition) is 3. The lowest BCUT2D eigenvalue weighted by Crippen LogP contribution is -3.00. The number of aliphatic hydroxyl groups excluding tert-OH is 1. The molecule has 1 aromatic carbocycles. The van der Waals surface area contributed by atoms with Gasteiger partial charge in [0.2, 0.25) is 0 Å². The van der Waals surface area contributed by atoms with Crippen LogP contribution in [0.4, 0.5) is 10.5 Å². The number of β-amino-alcohol motifs (C(OH)–C–C–N with tert-alkyl or cyclic N) is 1. The van der Waals surface area contributed by atoms with Crippen molar-refractivity contribution >= 4 is 17.5 Å². The van der Waals surface area contributed by atoms with Gasteiger partial charge in [0.15, 0.2) is 5.78 Å². The van der Waals surface area contributed by atoms with E-state index >= 15 is 0 Å². The van der Waals surface area contributed by atoms with E-state index in [1.165, 1.54) is 6.92 Å². The van der Waals surface area contributed by atoms with Crippen molar-refractivity contribution in [3.63, 3.8) is 0 Å². The van der Waals surface area contributed by atoms with E-state index in [1.807, 2.05) is 34.6 Å². The summed E-state index contributed by atoms with van der Waals surface area (Å²) >= 11 is 0. The van der Waals surface area contributed by atoms with Crippen LogP contribution in [0.5, 0.6) is 5.75 Å². The molecule has 0 aliphatic heterocycles. The predicted octanol–water partition coefficient (Wildman–Crippen LogP) is -0.105. The maximum Gasteiger partial charge on any atom is 0.321 e. The molecule has 1 rings (SSSR count). The molecule has 1 atom stereocenters. The number of ether oxygens (including phenoxy) is 1. The van der Waals surface area contributed by atoms with E-state index in [-0.39, 0.29) is 36.4 Å². The van der Waals surface area contributed by atoms with Crippen LogP contribution in [-0.2, 0) is 0 Å². The van der Waals surface area contributed by atoms with E-state index in [0.717, 1.165) is 0 Å². The Balaban J connectivity index is 0.00000729. The molecule has 0 radical (unpaired) electrons. The molecule has 28 heavy (non-hydrogen) atoms. The highest BCUT2D eigenvalue weighted by molar-refractivity contribution is 5.99. The first-order valence-electron chi connectivity index (χ1n) is 9.34. The van der Waals surface area contributed by atoms with Crippen molar-refractivity contribution in [3.05, 3.63) is 23.8 Å². The smallest absolute Gasteiger partial charge is 0.321 e. The number of anilines is 1. The number of nitrogens with zero attached hydrogens (tertiary/aromatic N) is 1. The summed E-state index contributed by atoms with van der Waals surface area (Å²) in [6, 6.07) is 4.70. The minimum atomic E-state index is -0.703. The largest absolute Gasteiger partial charge is 1.00 e. The third-order valence-corrected chi connectivity index (χ3v) is 3.96. The minimum absolute atomic E-state index is 0. The van der Waals surface area contributed by atoms with Crippen molar-refractivity contribution in [1.29, 1.82) is 0 Å². The number of ketones is 1. The van der Waals surface area contributed by atoms with Gasteiger partial charge in [-0.3, -0.25) is 4.79 Å². The second kappa shape index (κ2) is 11.9. The first-order chi connectivity index (χ1) is 12.6. The van der Waals surface area contributed by atoms with Crippen LogP contribution in [0.3, 0.4) is 0 Å². The molecule has 0 aliphatic carbocycles. The highest BCUT2D eigenvalue weighted by Crippen LogP contribution is 2.24. The van der Waals surface area contributed by atoms with Gasteiger partial charge in [0, 0.05) is 30.9 Å². The Kier molecular flexibility index (Phi) is 11.1. The molecule has 0 saturated heterocycles. The van der Waals surface area contributed by atoms with Crippen LogP contribution in [0.1, 0.15) is 51.9 Å². The number of aliphatic hydroxyl groups is 1. The van der Waals surface area contributed by atoms with E-state index in [9.17, 15) is 14.7 Å². The molecule has 7 nitrogen and oxygen atoms in total. The predicted molar refractivity (Wildman–Crippen MR) is 108 cm³/mol. The van der Waals surface area contributed by atoms with Gasteiger partial charge >= 0.3 is 6.03 Å². The number of urea groups is 1. The summed E-state index contributed by atoms with van der Waals surface area (Å²) in [5.41, 5.74) is 0.790. The zero-order valence-electron chi connectivity index (χ0n) is 17.6. The Morgan fingerprint density at radius 1 is 1.21 bits per heavy atom. The van der Waals surface area contributed by atoms with Gasteiger partial charge in [-0.05, 0) is 59.7 Å². The lowest BCUT2D eigenvalue weighted by atomic mass is 10.1. The zero-order valence-corrected chi connectivity index (χ0v) is 18.4. The molecule has 0 heterocycles. The molecule has 0 aromatic heterocycles. The zero-order chi connectivity index (χ0) is 20.6. The lowest BCUT2D eigenvalue weighted by Gasteiger charge is -2.23. The van der Waals surface area contributed by atoms with Gasteiger partial charge in [-0.2, -0.15) is 0 Å². The fraction of sp³-hybridized carbons (Fsp3) is 0.600. The molecule has 2 amide bonds. The van der Waals surface area contributed by atoms with Crippen molar-refractivity contribution in [3.8, 4) is 5.75 Å². The molecule has 8 heteroatoms. The number of hydrogen-bond acceptors (Lipinski definition) is 5. The van der Waals surface area contributed by atoms with Crippen molar-refractivity contribution in [2.45, 2.75) is 53.2 Å². The van der Waals surface area contributed by atoms with Crippen LogP contribution in [0, 0.1) is 0 Å². The molecule has 160 valence electrons. The highest BCUT2D eigenvalue weighted by atomic mass is 35.5. The van der Waals surface area contributed by atoms with Crippen LogP contribution in [-0.4, -0.2) is 59.7 Å². The van der Waals surface area contributed by atoms with Gasteiger partial charge < -0.3 is 37.8 Å². The van der Waals surface area contributed by atoms with Gasteiger partial charge in [-0.15, -0.1) is 0 Å². The second-order valence-corrected chi connectivity index (χ2v) is 7.47. The van der Waals surface area contributed by atoms with Gasteiger partial charge in [0.25, 0.3) is 0 Å². The number of rotatable bonds is 9. The molecular weight excluding hydrogens is 382 g/mol. The third kappa shape index (κ3) is 8.91. The van der Waals surface area contributed by atoms with Crippen LogP contribution in [0.25, 0.3) is 0 Å². The van der Waals surface area contributed by atoms with Gasteiger partial charge in [-0.25, -0.2) is 4.79 Å². The summed E-state index contributed by atoms with van der Waals surface area (Å²) in [7, 11) is 0. The fourth-order valence-corrected chi connectivity index (χ4v) is 2.39. The molecular formula is C20H33ClN3O4-. The van der Waals surface area contributed by atoms with E-state index in [1.54, 1.807) is 23.1 Å². The summed E-state index contributed by atoms with van der Waals surface area (Å²) in [4.78, 5) is 25.8. The third-order valence-electron chi connectivity index (χ3n) is 3.96. The summed E-state index contributed by atoms with van der Waals surface area (Å²) < 4.78 is 5.64. The first-order valence-corrected chi connectivity index (χ1v) is 9.34. The normalized spacial score (nSPS) is 12.0. The van der Waals surface area contributed by atoms with Crippen LogP contribution < -0.4 is 27.8 Å². The Morgan fingerprint density at radius 2 is 1.82 bits per heavy atom. The maximum atomic E-state index is 12.2. The minimum Gasteiger partial charge on any atom is -1.00 e. The molecule has 1 unspecified atom stereocenters. The van der Waals surface area contributed by atoms with Crippen molar-refractivity contribution in [2.75, 3.05) is 31.6 Å². The average molecular weight is 415 g/mol. The number of nitrogens with one attached hydrogen (secondary N) is 2. The molecule has 0 aliphatic rings. The van der Waals surface area contributed by atoms with Crippen LogP contribution in [0.2, 0.25) is 0 Å². The van der Waals surface area contributed by atoms with Crippen molar-refractivity contribution in [1.82, 2.24) is 10.2 Å². The van der Waals surface area contributed by atoms with Gasteiger partial charge in [-0.1, -0.05) is 0 Å². The molecule has 0 saturated carbocycles. The Hall–Kier alpha value is -1.83. The SMILES string of the molecule is CCN(CC)C(=O)Nc1ccc(OCC(O)CNC(C)(C)C)c(C(C)=O)c1.[Cl-]. The molecule has 1 aromatic rings. The van der Waals surface area contributed by atoms with Crippen LogP contribution >= 0.6 is 0 Å². The summed E-state index contributed by atoms with van der Waals surface area (Å²) in [5, 5.41) is 16.0. The fourth-order valence-electron chi connectivity index (χ4n) is 2.39. The van der Waals surface area contributed by atoms with Gasteiger partial charge in [0.05, 0.1) is 5.56 Å². The number of halogens is 1. The van der Waals surface area contributed by atoms with Crippen LogP contribution in [0.15, 0.2) is 18.2 Å². The van der Waals surface area contributed by atoms with E-state index in [2.05, 4.69) is 10.6 Å².